The number of aromatic nitrogens is 2. The van der Waals surface area contributed by atoms with E-state index in [0.717, 1.165) is 58.7 Å². The Labute approximate surface area is 194 Å². The number of fused-ring (bicyclic) bond motifs is 1. The van der Waals surface area contributed by atoms with Gasteiger partial charge in [0, 0.05) is 42.0 Å². The van der Waals surface area contributed by atoms with Gasteiger partial charge in [-0.3, -0.25) is 0 Å². The van der Waals surface area contributed by atoms with Crippen LogP contribution in [0.15, 0.2) is 36.4 Å². The quantitative estimate of drug-likeness (QED) is 0.479. The SMILES string of the molecule is [C-]#[N+]c1ccc2c(N3CCC(C(C)CO)CC3)nnc(NCc3ccc(C)c(Cl)c3)c2c1. The third kappa shape index (κ3) is 4.64. The van der Waals surface area contributed by atoms with E-state index in [1.165, 1.54) is 0 Å². The van der Waals surface area contributed by atoms with Crippen molar-refractivity contribution in [3.8, 4) is 0 Å². The van der Waals surface area contributed by atoms with Gasteiger partial charge < -0.3 is 15.3 Å². The predicted molar refractivity (Wildman–Crippen MR) is 131 cm³/mol. The number of aryl methyl sites for hydroxylation is 1. The van der Waals surface area contributed by atoms with Gasteiger partial charge in [0.25, 0.3) is 0 Å². The maximum Gasteiger partial charge on any atom is 0.188 e. The molecule has 0 spiro atoms. The second kappa shape index (κ2) is 9.72. The molecule has 2 aromatic carbocycles. The van der Waals surface area contributed by atoms with Crippen molar-refractivity contribution in [1.82, 2.24) is 10.2 Å². The molecule has 1 atom stereocenters. The first-order valence-corrected chi connectivity index (χ1v) is 11.4. The van der Waals surface area contributed by atoms with E-state index in [1.807, 2.05) is 43.3 Å². The van der Waals surface area contributed by atoms with Crippen LogP contribution in [0.4, 0.5) is 17.3 Å². The Morgan fingerprint density at radius 2 is 1.97 bits per heavy atom. The first-order chi connectivity index (χ1) is 15.5. The molecule has 0 aliphatic carbocycles. The number of halogens is 1. The maximum atomic E-state index is 9.48. The van der Waals surface area contributed by atoms with E-state index in [-0.39, 0.29) is 6.61 Å². The number of hydrogen-bond acceptors (Lipinski definition) is 5. The zero-order chi connectivity index (χ0) is 22.7. The molecule has 4 rings (SSSR count). The summed E-state index contributed by atoms with van der Waals surface area (Å²) in [6.07, 6.45) is 2.05. The molecule has 166 valence electrons. The molecule has 2 heterocycles. The summed E-state index contributed by atoms with van der Waals surface area (Å²) in [5.41, 5.74) is 2.68. The highest BCUT2D eigenvalue weighted by atomic mass is 35.5. The maximum absolute atomic E-state index is 9.48. The van der Waals surface area contributed by atoms with Gasteiger partial charge in [-0.1, -0.05) is 42.8 Å². The van der Waals surface area contributed by atoms with Crippen molar-refractivity contribution < 1.29 is 5.11 Å². The molecule has 32 heavy (non-hydrogen) atoms. The van der Waals surface area contributed by atoms with Gasteiger partial charge in [-0.05, 0) is 54.9 Å². The number of aliphatic hydroxyl groups excluding tert-OH is 1. The monoisotopic (exact) mass is 449 g/mol. The van der Waals surface area contributed by atoms with Gasteiger partial charge in [-0.15, -0.1) is 10.2 Å². The molecule has 2 N–H and O–H groups in total. The number of nitrogens with one attached hydrogen (secondary N) is 1. The molecular formula is C25H28ClN5O. The molecule has 1 unspecified atom stereocenters. The average Bonchev–Trinajstić information content (AvgIpc) is 2.83. The van der Waals surface area contributed by atoms with Gasteiger partial charge in [-0.2, -0.15) is 0 Å². The van der Waals surface area contributed by atoms with Gasteiger partial charge >= 0.3 is 0 Å². The second-order valence-corrected chi connectivity index (χ2v) is 9.04. The highest BCUT2D eigenvalue weighted by Crippen LogP contribution is 2.35. The van der Waals surface area contributed by atoms with Crippen LogP contribution in [0.1, 0.15) is 30.9 Å². The molecule has 1 aliphatic heterocycles. The van der Waals surface area contributed by atoms with E-state index in [2.05, 4.69) is 32.2 Å². The summed E-state index contributed by atoms with van der Waals surface area (Å²) < 4.78 is 0. The van der Waals surface area contributed by atoms with E-state index >= 15 is 0 Å². The molecule has 1 saturated heterocycles. The Balaban J connectivity index is 1.61. The number of aliphatic hydroxyl groups is 1. The van der Waals surface area contributed by atoms with E-state index in [0.29, 0.717) is 29.9 Å². The van der Waals surface area contributed by atoms with Crippen LogP contribution in [-0.2, 0) is 6.54 Å². The van der Waals surface area contributed by atoms with Crippen molar-refractivity contribution in [1.29, 1.82) is 0 Å². The van der Waals surface area contributed by atoms with E-state index in [1.54, 1.807) is 0 Å². The fraction of sp³-hybridized carbons (Fsp3) is 0.400. The van der Waals surface area contributed by atoms with Crippen LogP contribution < -0.4 is 10.2 Å². The van der Waals surface area contributed by atoms with Crippen molar-refractivity contribution in [3.63, 3.8) is 0 Å². The minimum Gasteiger partial charge on any atom is -0.396 e. The highest BCUT2D eigenvalue weighted by Gasteiger charge is 2.25. The smallest absolute Gasteiger partial charge is 0.188 e. The number of nitrogens with zero attached hydrogens (tertiary/aromatic N) is 4. The van der Waals surface area contributed by atoms with Crippen LogP contribution in [0.2, 0.25) is 5.02 Å². The molecular weight excluding hydrogens is 422 g/mol. The van der Waals surface area contributed by atoms with Gasteiger partial charge in [0.05, 0.1) is 6.57 Å². The number of hydrogen-bond donors (Lipinski definition) is 2. The van der Waals surface area contributed by atoms with E-state index in [4.69, 9.17) is 18.2 Å². The third-order valence-electron chi connectivity index (χ3n) is 6.50. The number of anilines is 2. The second-order valence-electron chi connectivity index (χ2n) is 8.64. The number of benzene rings is 2. The molecule has 3 aromatic rings. The first-order valence-electron chi connectivity index (χ1n) is 11.0. The van der Waals surface area contributed by atoms with Gasteiger partial charge in [0.2, 0.25) is 0 Å². The topological polar surface area (TPSA) is 65.6 Å². The lowest BCUT2D eigenvalue weighted by molar-refractivity contribution is 0.170. The Morgan fingerprint density at radius 1 is 1.19 bits per heavy atom. The molecule has 6 nitrogen and oxygen atoms in total. The predicted octanol–water partition coefficient (Wildman–Crippen LogP) is 5.60. The zero-order valence-corrected chi connectivity index (χ0v) is 19.2. The Kier molecular flexibility index (Phi) is 6.78. The normalized spacial score (nSPS) is 15.5. The summed E-state index contributed by atoms with van der Waals surface area (Å²) >= 11 is 6.27. The van der Waals surface area contributed by atoms with Crippen LogP contribution in [0.25, 0.3) is 15.6 Å². The van der Waals surface area contributed by atoms with Crippen molar-refractivity contribution in [2.75, 3.05) is 29.9 Å². The van der Waals surface area contributed by atoms with Crippen molar-refractivity contribution in [3.05, 3.63) is 64.0 Å². The fourth-order valence-corrected chi connectivity index (χ4v) is 4.53. The minimum absolute atomic E-state index is 0.235. The van der Waals surface area contributed by atoms with Crippen molar-refractivity contribution in [2.45, 2.75) is 33.2 Å². The molecule has 1 fully saturated rings. The van der Waals surface area contributed by atoms with Crippen molar-refractivity contribution in [2.24, 2.45) is 11.8 Å². The summed E-state index contributed by atoms with van der Waals surface area (Å²) in [4.78, 5) is 5.88. The molecule has 1 aliphatic rings. The lowest BCUT2D eigenvalue weighted by Crippen LogP contribution is -2.37. The molecule has 0 saturated carbocycles. The summed E-state index contributed by atoms with van der Waals surface area (Å²) in [6.45, 7) is 14.1. The molecule has 1 aromatic heterocycles. The largest absolute Gasteiger partial charge is 0.396 e. The summed E-state index contributed by atoms with van der Waals surface area (Å²) in [5.74, 6) is 2.37. The number of piperidine rings is 1. The van der Waals surface area contributed by atoms with E-state index in [9.17, 15) is 5.11 Å². The Morgan fingerprint density at radius 3 is 2.66 bits per heavy atom. The van der Waals surface area contributed by atoms with Crippen LogP contribution in [0.5, 0.6) is 0 Å². The minimum atomic E-state index is 0.235. The third-order valence-corrected chi connectivity index (χ3v) is 6.91. The van der Waals surface area contributed by atoms with Crippen LogP contribution >= 0.6 is 11.6 Å². The molecule has 0 amide bonds. The van der Waals surface area contributed by atoms with Gasteiger partial charge in [-0.25, -0.2) is 4.85 Å². The standard InChI is InChI=1S/C25H28ClN5O/c1-16-4-5-18(12-23(16)26)14-28-24-22-13-20(27-3)6-7-21(22)25(30-29-24)31-10-8-19(9-11-31)17(2)15-32/h4-7,12-13,17,19,32H,8-11,14-15H2,1-2H3,(H,28,29). The summed E-state index contributed by atoms with van der Waals surface area (Å²) in [7, 11) is 0. The highest BCUT2D eigenvalue weighted by molar-refractivity contribution is 6.31. The number of rotatable bonds is 6. The Bertz CT molecular complexity index is 1150. The fourth-order valence-electron chi connectivity index (χ4n) is 4.32. The summed E-state index contributed by atoms with van der Waals surface area (Å²) in [6, 6.07) is 11.7. The van der Waals surface area contributed by atoms with Crippen molar-refractivity contribution >= 4 is 39.7 Å². The lowest BCUT2D eigenvalue weighted by Gasteiger charge is -2.35. The van der Waals surface area contributed by atoms with Crippen LogP contribution in [0.3, 0.4) is 0 Å². The van der Waals surface area contributed by atoms with Gasteiger partial charge in [0.15, 0.2) is 17.3 Å². The molecule has 0 radical (unpaired) electrons. The lowest BCUT2D eigenvalue weighted by atomic mass is 9.86. The van der Waals surface area contributed by atoms with Gasteiger partial charge in [0.1, 0.15) is 0 Å². The first kappa shape index (κ1) is 22.3. The zero-order valence-electron chi connectivity index (χ0n) is 18.5. The molecule has 7 heteroatoms. The summed E-state index contributed by atoms with van der Waals surface area (Å²) in [5, 5.41) is 24.6. The average molecular weight is 450 g/mol. The van der Waals surface area contributed by atoms with Crippen LogP contribution in [-0.4, -0.2) is 35.0 Å². The van der Waals surface area contributed by atoms with E-state index < -0.39 is 0 Å². The Hall–Kier alpha value is -2.88. The van der Waals surface area contributed by atoms with Crippen LogP contribution in [0, 0.1) is 25.3 Å². The molecule has 0 bridgehead atoms.